The zero-order chi connectivity index (χ0) is 21.0. The summed E-state index contributed by atoms with van der Waals surface area (Å²) in [4.78, 5) is 30.9. The molecule has 1 amide bonds. The lowest BCUT2D eigenvalue weighted by Gasteiger charge is -2.44. The number of amides is 1. The monoisotopic (exact) mass is 395 g/mol. The van der Waals surface area contributed by atoms with Crippen LogP contribution in [0.1, 0.15) is 28.9 Å². The van der Waals surface area contributed by atoms with Crippen LogP contribution < -0.4 is 4.90 Å². The molecule has 2 aromatic rings. The van der Waals surface area contributed by atoms with E-state index in [4.69, 9.17) is 4.74 Å². The molecule has 29 heavy (non-hydrogen) atoms. The number of ether oxygens (including phenoxy) is 1. The maximum absolute atomic E-state index is 13.0. The summed E-state index contributed by atoms with van der Waals surface area (Å²) in [5.41, 5.74) is 2.64. The van der Waals surface area contributed by atoms with E-state index in [-0.39, 0.29) is 24.0 Å². The van der Waals surface area contributed by atoms with E-state index in [2.05, 4.69) is 16.7 Å². The Labute approximate surface area is 172 Å². The van der Waals surface area contributed by atoms with Crippen molar-refractivity contribution in [3.05, 3.63) is 65.7 Å². The molecule has 0 aliphatic carbocycles. The highest BCUT2D eigenvalue weighted by molar-refractivity contribution is 5.89. The summed E-state index contributed by atoms with van der Waals surface area (Å²) in [7, 11) is 5.00. The lowest BCUT2D eigenvalue weighted by molar-refractivity contribution is -0.135. The van der Waals surface area contributed by atoms with Gasteiger partial charge in [0, 0.05) is 45.5 Å². The van der Waals surface area contributed by atoms with Crippen LogP contribution in [-0.2, 0) is 9.53 Å². The number of piperazine rings is 1. The number of esters is 1. The zero-order valence-corrected chi connectivity index (χ0v) is 17.5. The number of hydrogen-bond donors (Lipinski definition) is 0. The summed E-state index contributed by atoms with van der Waals surface area (Å²) >= 11 is 0. The van der Waals surface area contributed by atoms with Gasteiger partial charge in [0.05, 0.1) is 12.7 Å². The molecule has 1 fully saturated rings. The lowest BCUT2D eigenvalue weighted by Crippen LogP contribution is -2.55. The summed E-state index contributed by atoms with van der Waals surface area (Å²) < 4.78 is 4.77. The molecule has 0 bridgehead atoms. The number of nitrogens with zero attached hydrogens (tertiary/aromatic N) is 3. The van der Waals surface area contributed by atoms with E-state index in [9.17, 15) is 9.59 Å². The Hall–Kier alpha value is -2.86. The molecule has 154 valence electrons. The molecular formula is C23H29N3O3. The highest BCUT2D eigenvalue weighted by atomic mass is 16.5. The summed E-state index contributed by atoms with van der Waals surface area (Å²) in [5.74, 6) is -0.235. The smallest absolute Gasteiger partial charge is 0.337 e. The van der Waals surface area contributed by atoms with Crippen LogP contribution in [0, 0.1) is 0 Å². The number of anilines is 1. The minimum absolute atomic E-state index is 0.0962. The molecule has 3 rings (SSSR count). The van der Waals surface area contributed by atoms with E-state index in [0.29, 0.717) is 5.56 Å². The predicted molar refractivity (Wildman–Crippen MR) is 114 cm³/mol. The van der Waals surface area contributed by atoms with Gasteiger partial charge in [0.2, 0.25) is 5.91 Å². The van der Waals surface area contributed by atoms with Gasteiger partial charge in [0.15, 0.2) is 0 Å². The Kier molecular flexibility index (Phi) is 6.54. The second kappa shape index (κ2) is 9.09. The summed E-state index contributed by atoms with van der Waals surface area (Å²) in [6.07, 6.45) is 0. The van der Waals surface area contributed by atoms with Crippen LogP contribution >= 0.6 is 0 Å². The van der Waals surface area contributed by atoms with Gasteiger partial charge in [-0.15, -0.1) is 0 Å². The molecule has 0 N–H and O–H groups in total. The van der Waals surface area contributed by atoms with Gasteiger partial charge >= 0.3 is 5.97 Å². The van der Waals surface area contributed by atoms with E-state index in [1.807, 2.05) is 56.6 Å². The number of carbonyl (C=O) groups is 2. The van der Waals surface area contributed by atoms with Crippen molar-refractivity contribution in [2.75, 3.05) is 45.7 Å². The maximum atomic E-state index is 13.0. The molecule has 2 aromatic carbocycles. The molecule has 0 radical (unpaired) electrons. The van der Waals surface area contributed by atoms with Crippen molar-refractivity contribution in [3.8, 4) is 0 Å². The predicted octanol–water partition coefficient (Wildman–Crippen LogP) is 2.81. The van der Waals surface area contributed by atoms with Gasteiger partial charge in [-0.25, -0.2) is 4.79 Å². The number of hydrogen-bond acceptors (Lipinski definition) is 5. The second-order valence-corrected chi connectivity index (χ2v) is 7.62. The normalized spacial score (nSPS) is 18.2. The average molecular weight is 396 g/mol. The van der Waals surface area contributed by atoms with Crippen LogP contribution in [0.3, 0.4) is 0 Å². The van der Waals surface area contributed by atoms with Crippen molar-refractivity contribution in [3.63, 3.8) is 0 Å². The molecule has 2 atom stereocenters. The number of rotatable bonds is 5. The standard InChI is InChI=1S/C23H29N3O3/c1-17-16-25(20-12-10-19(11-13-20)23(28)29-4)14-15-26(17)21(22(27)24(2)3)18-8-6-5-7-9-18/h5-13,17,21H,14-16H2,1-4H3. The fourth-order valence-electron chi connectivity index (χ4n) is 3.87. The van der Waals surface area contributed by atoms with Crippen molar-refractivity contribution < 1.29 is 14.3 Å². The first kappa shape index (κ1) is 20.9. The Bertz CT molecular complexity index is 836. The summed E-state index contributed by atoms with van der Waals surface area (Å²) in [6.45, 7) is 4.56. The first-order valence-corrected chi connectivity index (χ1v) is 9.87. The number of carbonyl (C=O) groups excluding carboxylic acids is 2. The van der Waals surface area contributed by atoms with E-state index >= 15 is 0 Å². The van der Waals surface area contributed by atoms with Gasteiger partial charge in [-0.05, 0) is 36.8 Å². The molecule has 1 heterocycles. The molecule has 2 unspecified atom stereocenters. The minimum Gasteiger partial charge on any atom is -0.465 e. The Morgan fingerprint density at radius 3 is 2.24 bits per heavy atom. The van der Waals surface area contributed by atoms with Gasteiger partial charge in [0.1, 0.15) is 6.04 Å². The van der Waals surface area contributed by atoms with E-state index < -0.39 is 0 Å². The maximum Gasteiger partial charge on any atom is 0.337 e. The zero-order valence-electron chi connectivity index (χ0n) is 17.5. The lowest BCUT2D eigenvalue weighted by atomic mass is 10.00. The summed E-state index contributed by atoms with van der Waals surface area (Å²) in [6, 6.07) is 17.4. The molecular weight excluding hydrogens is 366 g/mol. The fourth-order valence-corrected chi connectivity index (χ4v) is 3.87. The van der Waals surface area contributed by atoms with Crippen LogP contribution in [0.4, 0.5) is 5.69 Å². The quantitative estimate of drug-likeness (QED) is 0.729. The molecule has 6 heteroatoms. The first-order chi connectivity index (χ1) is 13.9. The van der Waals surface area contributed by atoms with Gasteiger partial charge in [-0.1, -0.05) is 30.3 Å². The Morgan fingerprint density at radius 2 is 1.69 bits per heavy atom. The van der Waals surface area contributed by atoms with Gasteiger partial charge < -0.3 is 14.5 Å². The molecule has 0 saturated carbocycles. The molecule has 0 spiro atoms. The number of benzene rings is 2. The van der Waals surface area contributed by atoms with E-state index in [0.717, 1.165) is 30.9 Å². The fraction of sp³-hybridized carbons (Fsp3) is 0.391. The van der Waals surface area contributed by atoms with Crippen LogP contribution in [0.5, 0.6) is 0 Å². The van der Waals surface area contributed by atoms with Crippen LogP contribution in [0.15, 0.2) is 54.6 Å². The van der Waals surface area contributed by atoms with E-state index in [1.165, 1.54) is 7.11 Å². The third kappa shape index (κ3) is 4.59. The second-order valence-electron chi connectivity index (χ2n) is 7.62. The van der Waals surface area contributed by atoms with Crippen molar-refractivity contribution in [1.29, 1.82) is 0 Å². The topological polar surface area (TPSA) is 53.1 Å². The van der Waals surface area contributed by atoms with Crippen LogP contribution in [0.25, 0.3) is 0 Å². The van der Waals surface area contributed by atoms with Crippen molar-refractivity contribution in [1.82, 2.24) is 9.80 Å². The summed E-state index contributed by atoms with van der Waals surface area (Å²) in [5, 5.41) is 0. The highest BCUT2D eigenvalue weighted by Crippen LogP contribution is 2.29. The molecule has 6 nitrogen and oxygen atoms in total. The average Bonchev–Trinajstić information content (AvgIpc) is 2.75. The largest absolute Gasteiger partial charge is 0.465 e. The third-order valence-electron chi connectivity index (χ3n) is 5.45. The molecule has 0 aromatic heterocycles. The molecule has 1 aliphatic heterocycles. The SMILES string of the molecule is COC(=O)c1ccc(N2CCN(C(C(=O)N(C)C)c3ccccc3)C(C)C2)cc1. The van der Waals surface area contributed by atoms with Crippen LogP contribution in [-0.4, -0.2) is 68.6 Å². The minimum atomic E-state index is -0.331. The molecule has 1 aliphatic rings. The Balaban J connectivity index is 1.77. The third-order valence-corrected chi connectivity index (χ3v) is 5.45. The van der Waals surface area contributed by atoms with Crippen LogP contribution in [0.2, 0.25) is 0 Å². The van der Waals surface area contributed by atoms with Gasteiger partial charge in [-0.2, -0.15) is 0 Å². The first-order valence-electron chi connectivity index (χ1n) is 9.87. The van der Waals surface area contributed by atoms with Gasteiger partial charge in [0.25, 0.3) is 0 Å². The Morgan fingerprint density at radius 1 is 1.03 bits per heavy atom. The van der Waals surface area contributed by atoms with E-state index in [1.54, 1.807) is 17.0 Å². The molecule has 1 saturated heterocycles. The van der Waals surface area contributed by atoms with Gasteiger partial charge in [-0.3, -0.25) is 9.69 Å². The van der Waals surface area contributed by atoms with Crippen molar-refractivity contribution >= 4 is 17.6 Å². The van der Waals surface area contributed by atoms with Crippen molar-refractivity contribution in [2.24, 2.45) is 0 Å². The number of methoxy groups -OCH3 is 1. The van der Waals surface area contributed by atoms with Crippen molar-refractivity contribution in [2.45, 2.75) is 19.0 Å². The highest BCUT2D eigenvalue weighted by Gasteiger charge is 2.35. The number of likely N-dealkylation sites (N-methyl/N-ethyl adjacent to an activating group) is 1.